The molecule has 28 heavy (non-hydrogen) atoms. The third-order valence-corrected chi connectivity index (χ3v) is 4.32. The molecule has 0 bridgehead atoms. The van der Waals surface area contributed by atoms with E-state index in [1.165, 1.54) is 12.1 Å². The average molecular weight is 398 g/mol. The van der Waals surface area contributed by atoms with E-state index in [-0.39, 0.29) is 29.9 Å². The number of nitrogens with zero attached hydrogens (tertiary/aromatic N) is 3. The zero-order chi connectivity index (χ0) is 19.7. The van der Waals surface area contributed by atoms with Gasteiger partial charge in [0.2, 0.25) is 11.7 Å². The molecule has 0 fully saturated rings. The van der Waals surface area contributed by atoms with Crippen LogP contribution in [0.25, 0.3) is 11.4 Å². The molecule has 0 unspecified atom stereocenters. The lowest BCUT2D eigenvalue weighted by Crippen LogP contribution is -2.32. The number of benzene rings is 2. The number of fused-ring (bicyclic) bond motifs is 1. The summed E-state index contributed by atoms with van der Waals surface area (Å²) in [6.07, 6.45) is -0.0434. The molecule has 2 heterocycles. The van der Waals surface area contributed by atoms with Gasteiger partial charge in [0.15, 0.2) is 0 Å². The molecular weight excluding hydrogens is 386 g/mol. The van der Waals surface area contributed by atoms with Gasteiger partial charge in [0.25, 0.3) is 11.8 Å². The molecule has 3 aromatic rings. The van der Waals surface area contributed by atoms with E-state index in [4.69, 9.17) is 21.0 Å². The highest BCUT2D eigenvalue weighted by Gasteiger charge is 2.38. The molecule has 0 saturated heterocycles. The second-order valence-corrected chi connectivity index (χ2v) is 6.37. The van der Waals surface area contributed by atoms with Crippen molar-refractivity contribution >= 4 is 29.4 Å². The molecule has 1 aromatic heterocycles. The van der Waals surface area contributed by atoms with Gasteiger partial charge in [0, 0.05) is 17.0 Å². The summed E-state index contributed by atoms with van der Waals surface area (Å²) >= 11 is 5.84. The van der Waals surface area contributed by atoms with E-state index in [2.05, 4.69) is 10.1 Å². The van der Waals surface area contributed by atoms with Gasteiger partial charge in [-0.1, -0.05) is 34.0 Å². The topological polar surface area (TPSA) is 103 Å². The van der Waals surface area contributed by atoms with Crippen LogP contribution in [0.2, 0.25) is 5.02 Å². The second kappa shape index (κ2) is 7.24. The van der Waals surface area contributed by atoms with Crippen molar-refractivity contribution in [1.29, 1.82) is 0 Å². The minimum absolute atomic E-state index is 0.0998. The number of rotatable bonds is 5. The zero-order valence-electron chi connectivity index (χ0n) is 14.3. The molecule has 2 aromatic carbocycles. The molecule has 9 heteroatoms. The van der Waals surface area contributed by atoms with Crippen LogP contribution in [-0.4, -0.2) is 33.0 Å². The first kappa shape index (κ1) is 17.9. The van der Waals surface area contributed by atoms with Gasteiger partial charge in [-0.15, -0.1) is 0 Å². The predicted octanol–water partition coefficient (Wildman–Crippen LogP) is 3.08. The Bertz CT molecular complexity index is 1040. The fourth-order valence-electron chi connectivity index (χ4n) is 2.68. The number of hydroxylamine groups is 2. The summed E-state index contributed by atoms with van der Waals surface area (Å²) in [4.78, 5) is 45.5. The molecule has 0 saturated carbocycles. The van der Waals surface area contributed by atoms with E-state index in [1.54, 1.807) is 36.4 Å². The number of hydrogen-bond acceptors (Lipinski definition) is 7. The van der Waals surface area contributed by atoms with E-state index < -0.39 is 17.8 Å². The number of amides is 2. The van der Waals surface area contributed by atoms with Gasteiger partial charge in [-0.3, -0.25) is 9.59 Å². The molecule has 0 spiro atoms. The smallest absolute Gasteiger partial charge is 0.333 e. The van der Waals surface area contributed by atoms with Crippen LogP contribution < -0.4 is 0 Å². The van der Waals surface area contributed by atoms with Crippen molar-refractivity contribution in [1.82, 2.24) is 15.2 Å². The van der Waals surface area contributed by atoms with E-state index in [0.29, 0.717) is 21.5 Å². The third-order valence-electron chi connectivity index (χ3n) is 4.06. The molecule has 0 N–H and O–H groups in total. The number of hydrogen-bond donors (Lipinski definition) is 0. The Hall–Kier alpha value is -3.52. The Balaban J connectivity index is 1.36. The van der Waals surface area contributed by atoms with Crippen LogP contribution in [-0.2, 0) is 16.1 Å². The molecule has 4 rings (SSSR count). The van der Waals surface area contributed by atoms with Crippen molar-refractivity contribution in [2.24, 2.45) is 0 Å². The van der Waals surface area contributed by atoms with Crippen molar-refractivity contribution in [2.45, 2.75) is 12.8 Å². The maximum absolute atomic E-state index is 12.2. The maximum Gasteiger partial charge on any atom is 0.333 e. The fraction of sp³-hybridized carbons (Fsp3) is 0.105. The van der Waals surface area contributed by atoms with Crippen LogP contribution in [0.3, 0.4) is 0 Å². The molecule has 0 radical (unpaired) electrons. The highest BCUT2D eigenvalue weighted by atomic mass is 35.5. The number of carbonyl (C=O) groups excluding carboxylic acids is 3. The van der Waals surface area contributed by atoms with Crippen LogP contribution in [0.1, 0.15) is 33.0 Å². The highest BCUT2D eigenvalue weighted by molar-refractivity contribution is 6.30. The first-order valence-corrected chi connectivity index (χ1v) is 8.68. The minimum Gasteiger partial charge on any atom is -0.339 e. The SMILES string of the molecule is O=C(CCc1nc(-c2ccc(Cl)cc2)no1)ON1C(=O)c2ccccc2C1=O. The van der Waals surface area contributed by atoms with Crippen LogP contribution in [0.4, 0.5) is 0 Å². The molecule has 0 atom stereocenters. The van der Waals surface area contributed by atoms with Gasteiger partial charge in [0.1, 0.15) is 0 Å². The van der Waals surface area contributed by atoms with Gasteiger partial charge in [-0.2, -0.15) is 4.98 Å². The summed E-state index contributed by atoms with van der Waals surface area (Å²) in [5.74, 6) is -1.51. The van der Waals surface area contributed by atoms with Crippen LogP contribution in [0.15, 0.2) is 53.1 Å². The Morgan fingerprint density at radius 1 is 1.04 bits per heavy atom. The molecule has 1 aliphatic heterocycles. The number of carbonyl (C=O) groups is 3. The van der Waals surface area contributed by atoms with Crippen molar-refractivity contribution < 1.29 is 23.7 Å². The third kappa shape index (κ3) is 3.37. The first-order chi connectivity index (χ1) is 13.5. The number of halogens is 1. The second-order valence-electron chi connectivity index (χ2n) is 5.93. The maximum atomic E-state index is 12.2. The van der Waals surface area contributed by atoms with Crippen molar-refractivity contribution in [2.75, 3.05) is 0 Å². The minimum atomic E-state index is -0.763. The number of aryl methyl sites for hydroxylation is 1. The van der Waals surface area contributed by atoms with E-state index in [9.17, 15) is 14.4 Å². The van der Waals surface area contributed by atoms with Crippen molar-refractivity contribution in [3.05, 3.63) is 70.6 Å². The van der Waals surface area contributed by atoms with E-state index in [1.807, 2.05) is 0 Å². The molecule has 0 aliphatic carbocycles. The monoisotopic (exact) mass is 397 g/mol. The largest absolute Gasteiger partial charge is 0.339 e. The Kier molecular flexibility index (Phi) is 4.62. The lowest BCUT2D eigenvalue weighted by atomic mass is 10.1. The van der Waals surface area contributed by atoms with E-state index in [0.717, 1.165) is 0 Å². The summed E-state index contributed by atoms with van der Waals surface area (Å²) in [5, 5.41) is 4.91. The quantitative estimate of drug-likeness (QED) is 0.609. The normalized spacial score (nSPS) is 13.0. The molecular formula is C19H12ClN3O5. The Labute approximate surface area is 163 Å². The van der Waals surface area contributed by atoms with Gasteiger partial charge in [-0.25, -0.2) is 4.79 Å². The molecule has 8 nitrogen and oxygen atoms in total. The zero-order valence-corrected chi connectivity index (χ0v) is 15.0. The van der Waals surface area contributed by atoms with Crippen LogP contribution in [0.5, 0.6) is 0 Å². The summed E-state index contributed by atoms with van der Waals surface area (Å²) in [6, 6.07) is 13.1. The predicted molar refractivity (Wildman–Crippen MR) is 96.1 cm³/mol. The van der Waals surface area contributed by atoms with Crippen LogP contribution in [0, 0.1) is 0 Å². The summed E-state index contributed by atoms with van der Waals surface area (Å²) in [7, 11) is 0. The standard InChI is InChI=1S/C19H12ClN3O5/c20-12-7-5-11(6-8-12)17-21-15(27-22-17)9-10-16(24)28-23-18(25)13-3-1-2-4-14(13)19(23)26/h1-8H,9-10H2. The lowest BCUT2D eigenvalue weighted by Gasteiger charge is -2.12. The average Bonchev–Trinajstić information content (AvgIpc) is 3.27. The number of aromatic nitrogens is 2. The van der Waals surface area contributed by atoms with Gasteiger partial charge in [-0.05, 0) is 36.4 Å². The first-order valence-electron chi connectivity index (χ1n) is 8.30. The highest BCUT2D eigenvalue weighted by Crippen LogP contribution is 2.23. The summed E-state index contributed by atoms with van der Waals surface area (Å²) in [6.45, 7) is 0. The van der Waals surface area contributed by atoms with Crippen molar-refractivity contribution in [3.8, 4) is 11.4 Å². The Morgan fingerprint density at radius 2 is 1.68 bits per heavy atom. The van der Waals surface area contributed by atoms with E-state index >= 15 is 0 Å². The van der Waals surface area contributed by atoms with Crippen molar-refractivity contribution in [3.63, 3.8) is 0 Å². The summed E-state index contributed by atoms with van der Waals surface area (Å²) in [5.41, 5.74) is 1.11. The molecule has 140 valence electrons. The molecule has 1 aliphatic rings. The fourth-order valence-corrected chi connectivity index (χ4v) is 2.81. The molecule has 2 amide bonds. The van der Waals surface area contributed by atoms with Gasteiger partial charge < -0.3 is 9.36 Å². The number of imide groups is 1. The lowest BCUT2D eigenvalue weighted by molar-refractivity contribution is -0.168. The Morgan fingerprint density at radius 3 is 2.32 bits per heavy atom. The van der Waals surface area contributed by atoms with Gasteiger partial charge >= 0.3 is 5.97 Å². The summed E-state index contributed by atoms with van der Waals surface area (Å²) < 4.78 is 5.11. The van der Waals surface area contributed by atoms with Gasteiger partial charge in [0.05, 0.1) is 17.5 Å². The van der Waals surface area contributed by atoms with Crippen LogP contribution >= 0.6 is 11.6 Å².